The van der Waals surface area contributed by atoms with E-state index in [0.29, 0.717) is 17.7 Å². The molecule has 0 heterocycles. The van der Waals surface area contributed by atoms with Gasteiger partial charge in [0.15, 0.2) is 5.78 Å². The molecule has 2 aromatic carbocycles. The zero-order valence-electron chi connectivity index (χ0n) is 12.8. The molecule has 0 saturated carbocycles. The smallest absolute Gasteiger partial charge is 0.337 e. The number of carbonyl (C=O) groups is 3. The van der Waals surface area contributed by atoms with Crippen molar-refractivity contribution in [2.75, 3.05) is 5.32 Å². The highest BCUT2D eigenvalue weighted by Crippen LogP contribution is 2.21. The largest absolute Gasteiger partial charge is 0.478 e. The topological polar surface area (TPSA) is 83.5 Å². The number of ketones is 1. The second kappa shape index (κ2) is 8.26. The van der Waals surface area contributed by atoms with Crippen LogP contribution < -0.4 is 5.32 Å². The van der Waals surface area contributed by atoms with Crippen LogP contribution in [0.5, 0.6) is 0 Å². The summed E-state index contributed by atoms with van der Waals surface area (Å²) in [5.41, 5.74) is 0.909. The molecule has 0 spiro atoms. The molecule has 0 atom stereocenters. The van der Waals surface area contributed by atoms with E-state index in [1.54, 1.807) is 24.3 Å². The summed E-state index contributed by atoms with van der Waals surface area (Å²) in [5, 5.41) is 11.7. The Morgan fingerprint density at radius 3 is 2.38 bits per heavy atom. The lowest BCUT2D eigenvalue weighted by Gasteiger charge is -2.07. The van der Waals surface area contributed by atoms with Crippen LogP contribution in [-0.4, -0.2) is 22.8 Å². The fourth-order valence-electron chi connectivity index (χ4n) is 2.17. The van der Waals surface area contributed by atoms with Gasteiger partial charge in [-0.05, 0) is 24.6 Å². The maximum atomic E-state index is 11.9. The number of Topliss-reactive ketones (excluding diaryl/α,β-unsaturated/α-hetero) is 1. The monoisotopic (exact) mass is 345 g/mol. The summed E-state index contributed by atoms with van der Waals surface area (Å²) < 4.78 is 0. The molecule has 124 valence electrons. The first kappa shape index (κ1) is 17.7. The van der Waals surface area contributed by atoms with E-state index in [1.165, 1.54) is 18.2 Å². The summed E-state index contributed by atoms with van der Waals surface area (Å²) in [6, 6.07) is 13.1. The highest BCUT2D eigenvalue weighted by atomic mass is 35.5. The molecule has 5 nitrogen and oxygen atoms in total. The van der Waals surface area contributed by atoms with Crippen LogP contribution in [-0.2, 0) is 4.79 Å². The first-order valence-corrected chi connectivity index (χ1v) is 7.76. The third-order valence-corrected chi connectivity index (χ3v) is 3.71. The Kier molecular flexibility index (Phi) is 6.09. The standard InChI is InChI=1S/C18H16ClNO4/c19-15-10-9-13(11-14(15)18(23)24)20-17(22)8-4-7-16(21)12-5-2-1-3-6-12/h1-3,5-6,9-11H,4,7-8H2,(H,20,22)(H,23,24). The summed E-state index contributed by atoms with van der Waals surface area (Å²) in [6.45, 7) is 0. The fourth-order valence-corrected chi connectivity index (χ4v) is 2.37. The summed E-state index contributed by atoms with van der Waals surface area (Å²) in [4.78, 5) is 34.8. The van der Waals surface area contributed by atoms with Crippen molar-refractivity contribution in [2.24, 2.45) is 0 Å². The molecule has 24 heavy (non-hydrogen) atoms. The zero-order valence-corrected chi connectivity index (χ0v) is 13.5. The molecule has 0 aromatic heterocycles. The second-order valence-corrected chi connectivity index (χ2v) is 5.60. The Hall–Kier alpha value is -2.66. The van der Waals surface area contributed by atoms with Gasteiger partial charge in [-0.1, -0.05) is 41.9 Å². The van der Waals surface area contributed by atoms with E-state index in [1.807, 2.05) is 6.07 Å². The SMILES string of the molecule is O=C(CCCC(=O)c1ccccc1)Nc1ccc(Cl)c(C(=O)O)c1. The summed E-state index contributed by atoms with van der Waals surface area (Å²) >= 11 is 5.77. The van der Waals surface area contributed by atoms with Gasteiger partial charge in [0, 0.05) is 24.1 Å². The number of benzene rings is 2. The zero-order chi connectivity index (χ0) is 17.5. The third-order valence-electron chi connectivity index (χ3n) is 3.38. The number of carbonyl (C=O) groups excluding carboxylic acids is 2. The van der Waals surface area contributed by atoms with E-state index >= 15 is 0 Å². The first-order valence-electron chi connectivity index (χ1n) is 7.38. The van der Waals surface area contributed by atoms with Crippen molar-refractivity contribution in [1.29, 1.82) is 0 Å². The number of carboxylic acid groups (broad SMARTS) is 1. The molecule has 0 aliphatic rings. The van der Waals surface area contributed by atoms with Gasteiger partial charge >= 0.3 is 5.97 Å². The van der Waals surface area contributed by atoms with Gasteiger partial charge in [-0.25, -0.2) is 4.79 Å². The normalized spacial score (nSPS) is 10.2. The maximum Gasteiger partial charge on any atom is 0.337 e. The van der Waals surface area contributed by atoms with Gasteiger partial charge in [0.25, 0.3) is 0 Å². The van der Waals surface area contributed by atoms with Crippen molar-refractivity contribution < 1.29 is 19.5 Å². The third kappa shape index (κ3) is 4.93. The van der Waals surface area contributed by atoms with E-state index in [9.17, 15) is 14.4 Å². The molecule has 1 amide bonds. The van der Waals surface area contributed by atoms with Gasteiger partial charge in [0.05, 0.1) is 10.6 Å². The highest BCUT2D eigenvalue weighted by Gasteiger charge is 2.11. The summed E-state index contributed by atoms with van der Waals surface area (Å²) in [5.74, 6) is -1.46. The molecule has 0 fully saturated rings. The lowest BCUT2D eigenvalue weighted by Crippen LogP contribution is -2.12. The fraction of sp³-hybridized carbons (Fsp3) is 0.167. The Morgan fingerprint density at radius 1 is 1.00 bits per heavy atom. The predicted molar refractivity (Wildman–Crippen MR) is 91.7 cm³/mol. The summed E-state index contributed by atoms with van der Waals surface area (Å²) in [7, 11) is 0. The van der Waals surface area contributed by atoms with Gasteiger partial charge in [0.2, 0.25) is 5.91 Å². The van der Waals surface area contributed by atoms with Crippen LogP contribution in [0.2, 0.25) is 5.02 Å². The van der Waals surface area contributed by atoms with Gasteiger partial charge in [-0.2, -0.15) is 0 Å². The number of aromatic carboxylic acids is 1. The number of halogens is 1. The van der Waals surface area contributed by atoms with E-state index in [0.717, 1.165) is 0 Å². The number of anilines is 1. The van der Waals surface area contributed by atoms with Crippen molar-refractivity contribution in [3.05, 3.63) is 64.7 Å². The van der Waals surface area contributed by atoms with Crippen molar-refractivity contribution >= 4 is 34.9 Å². The Labute approximate surface area is 144 Å². The van der Waals surface area contributed by atoms with E-state index in [4.69, 9.17) is 16.7 Å². The van der Waals surface area contributed by atoms with Crippen molar-refractivity contribution in [1.82, 2.24) is 0 Å². The number of hydrogen-bond acceptors (Lipinski definition) is 3. The molecule has 0 saturated heterocycles. The van der Waals surface area contributed by atoms with E-state index in [-0.39, 0.29) is 35.1 Å². The van der Waals surface area contributed by atoms with Crippen LogP contribution in [0.15, 0.2) is 48.5 Å². The van der Waals surface area contributed by atoms with E-state index < -0.39 is 5.97 Å². The van der Waals surface area contributed by atoms with Crippen LogP contribution in [0.1, 0.15) is 40.0 Å². The molecular formula is C18H16ClNO4. The maximum absolute atomic E-state index is 11.9. The molecule has 6 heteroatoms. The molecular weight excluding hydrogens is 330 g/mol. The van der Waals surface area contributed by atoms with Gasteiger partial charge in [0.1, 0.15) is 0 Å². The molecule has 0 unspecified atom stereocenters. The van der Waals surface area contributed by atoms with Crippen molar-refractivity contribution in [3.63, 3.8) is 0 Å². The average Bonchev–Trinajstić information content (AvgIpc) is 2.57. The number of nitrogens with one attached hydrogen (secondary N) is 1. The van der Waals surface area contributed by atoms with Crippen LogP contribution in [0, 0.1) is 0 Å². The number of rotatable bonds is 7. The van der Waals surface area contributed by atoms with Crippen LogP contribution in [0.4, 0.5) is 5.69 Å². The molecule has 0 radical (unpaired) electrons. The molecule has 2 rings (SSSR count). The molecule has 0 aliphatic carbocycles. The van der Waals surface area contributed by atoms with Crippen LogP contribution in [0.3, 0.4) is 0 Å². The van der Waals surface area contributed by atoms with Gasteiger partial charge < -0.3 is 10.4 Å². The van der Waals surface area contributed by atoms with Gasteiger partial charge in [-0.3, -0.25) is 9.59 Å². The highest BCUT2D eigenvalue weighted by molar-refractivity contribution is 6.33. The Morgan fingerprint density at radius 2 is 1.71 bits per heavy atom. The van der Waals surface area contributed by atoms with Gasteiger partial charge in [-0.15, -0.1) is 0 Å². The van der Waals surface area contributed by atoms with Crippen molar-refractivity contribution in [3.8, 4) is 0 Å². The number of amides is 1. The predicted octanol–water partition coefficient (Wildman–Crippen LogP) is 4.03. The minimum absolute atomic E-state index is 0.0111. The second-order valence-electron chi connectivity index (χ2n) is 5.19. The quantitative estimate of drug-likeness (QED) is 0.742. The minimum atomic E-state index is -1.16. The molecule has 2 N–H and O–H groups in total. The van der Waals surface area contributed by atoms with Crippen LogP contribution >= 0.6 is 11.6 Å². The number of carboxylic acids is 1. The number of hydrogen-bond donors (Lipinski definition) is 2. The summed E-state index contributed by atoms with van der Waals surface area (Å²) in [6.07, 6.45) is 0.862. The average molecular weight is 346 g/mol. The lowest BCUT2D eigenvalue weighted by molar-refractivity contribution is -0.116. The Bertz CT molecular complexity index is 759. The van der Waals surface area contributed by atoms with Crippen LogP contribution in [0.25, 0.3) is 0 Å². The molecule has 2 aromatic rings. The molecule has 0 aliphatic heterocycles. The Balaban J connectivity index is 1.85. The minimum Gasteiger partial charge on any atom is -0.478 e. The van der Waals surface area contributed by atoms with Crippen molar-refractivity contribution in [2.45, 2.75) is 19.3 Å². The van der Waals surface area contributed by atoms with E-state index in [2.05, 4.69) is 5.32 Å². The first-order chi connectivity index (χ1) is 11.5. The molecule has 0 bridgehead atoms. The lowest BCUT2D eigenvalue weighted by atomic mass is 10.1.